The fourth-order valence-corrected chi connectivity index (χ4v) is 2.83. The Morgan fingerprint density at radius 1 is 1.35 bits per heavy atom. The molecule has 0 aliphatic heterocycles. The predicted molar refractivity (Wildman–Crippen MR) is 76.4 cm³/mol. The molecule has 1 aromatic carbocycles. The summed E-state index contributed by atoms with van der Waals surface area (Å²) in [6, 6.07) is 7.90. The molecule has 0 aromatic heterocycles. The van der Waals surface area contributed by atoms with Gasteiger partial charge in [-0.05, 0) is 31.7 Å². The van der Waals surface area contributed by atoms with Crippen molar-refractivity contribution in [3.63, 3.8) is 0 Å². The second-order valence-electron chi connectivity index (χ2n) is 5.54. The van der Waals surface area contributed by atoms with Gasteiger partial charge in [-0.1, -0.05) is 36.2 Å². The van der Waals surface area contributed by atoms with Gasteiger partial charge in [0.15, 0.2) is 0 Å². The van der Waals surface area contributed by atoms with Crippen LogP contribution in [-0.2, 0) is 16.0 Å². The number of aliphatic carboxylic acids is 1. The minimum absolute atomic E-state index is 0.0512. The number of benzene rings is 1. The van der Waals surface area contributed by atoms with E-state index in [2.05, 4.69) is 11.4 Å². The summed E-state index contributed by atoms with van der Waals surface area (Å²) < 4.78 is 0. The first-order valence-electron chi connectivity index (χ1n) is 7.14. The van der Waals surface area contributed by atoms with Crippen molar-refractivity contribution in [2.24, 2.45) is 5.92 Å². The van der Waals surface area contributed by atoms with E-state index < -0.39 is 11.9 Å². The maximum Gasteiger partial charge on any atom is 0.308 e. The SMILES string of the molecule is Cc1cccc(CCC(=O)N[C@@H]2CCC[C@@H]2C(=O)O)c1. The molecule has 1 fully saturated rings. The third kappa shape index (κ3) is 3.83. The maximum absolute atomic E-state index is 11.9. The summed E-state index contributed by atoms with van der Waals surface area (Å²) in [5.41, 5.74) is 2.32. The van der Waals surface area contributed by atoms with E-state index in [1.165, 1.54) is 5.56 Å². The number of rotatable bonds is 5. The van der Waals surface area contributed by atoms with Gasteiger partial charge in [0.1, 0.15) is 0 Å². The Hall–Kier alpha value is -1.84. The zero-order valence-electron chi connectivity index (χ0n) is 11.8. The summed E-state index contributed by atoms with van der Waals surface area (Å²) in [5, 5.41) is 12.0. The number of nitrogens with one attached hydrogen (secondary N) is 1. The van der Waals surface area contributed by atoms with E-state index >= 15 is 0 Å². The number of carbonyl (C=O) groups excluding carboxylic acids is 1. The average Bonchev–Trinajstić information content (AvgIpc) is 2.85. The van der Waals surface area contributed by atoms with Crippen molar-refractivity contribution in [1.29, 1.82) is 0 Å². The van der Waals surface area contributed by atoms with Crippen LogP contribution in [0, 0.1) is 12.8 Å². The molecule has 0 radical (unpaired) electrons. The molecule has 4 nitrogen and oxygen atoms in total. The van der Waals surface area contributed by atoms with Crippen LogP contribution in [0.1, 0.15) is 36.8 Å². The molecule has 108 valence electrons. The minimum Gasteiger partial charge on any atom is -0.481 e. The highest BCUT2D eigenvalue weighted by Crippen LogP contribution is 2.25. The van der Waals surface area contributed by atoms with E-state index in [1.54, 1.807) is 0 Å². The van der Waals surface area contributed by atoms with Gasteiger partial charge in [0.25, 0.3) is 0 Å². The Kier molecular flexibility index (Phi) is 4.77. The Bertz CT molecular complexity index is 498. The standard InChI is InChI=1S/C16H21NO3/c1-11-4-2-5-12(10-11)8-9-15(18)17-14-7-3-6-13(14)16(19)20/h2,4-5,10,13-14H,3,6-9H2,1H3,(H,17,18)(H,19,20)/t13-,14+/m0/s1. The van der Waals surface area contributed by atoms with Gasteiger partial charge >= 0.3 is 5.97 Å². The summed E-state index contributed by atoms with van der Waals surface area (Å²) >= 11 is 0. The summed E-state index contributed by atoms with van der Waals surface area (Å²) in [5.74, 6) is -1.27. The normalized spacial score (nSPS) is 21.6. The first-order valence-corrected chi connectivity index (χ1v) is 7.14. The second kappa shape index (κ2) is 6.55. The third-order valence-corrected chi connectivity index (χ3v) is 3.90. The summed E-state index contributed by atoms with van der Waals surface area (Å²) in [4.78, 5) is 23.0. The van der Waals surface area contributed by atoms with Crippen LogP contribution in [0.2, 0.25) is 0 Å². The van der Waals surface area contributed by atoms with Gasteiger partial charge in [-0.15, -0.1) is 0 Å². The molecular weight excluding hydrogens is 254 g/mol. The quantitative estimate of drug-likeness (QED) is 0.866. The number of carboxylic acids is 1. The van der Waals surface area contributed by atoms with Crippen LogP contribution in [0.5, 0.6) is 0 Å². The van der Waals surface area contributed by atoms with E-state index in [0.717, 1.165) is 18.4 Å². The molecule has 0 unspecified atom stereocenters. The van der Waals surface area contributed by atoms with E-state index in [4.69, 9.17) is 5.11 Å². The second-order valence-corrected chi connectivity index (χ2v) is 5.54. The van der Waals surface area contributed by atoms with E-state index in [-0.39, 0.29) is 11.9 Å². The molecule has 0 saturated heterocycles. The third-order valence-electron chi connectivity index (χ3n) is 3.90. The van der Waals surface area contributed by atoms with Crippen LogP contribution in [0.15, 0.2) is 24.3 Å². The molecule has 1 aliphatic rings. The molecule has 20 heavy (non-hydrogen) atoms. The van der Waals surface area contributed by atoms with Crippen LogP contribution in [0.25, 0.3) is 0 Å². The van der Waals surface area contributed by atoms with Crippen molar-refractivity contribution in [2.45, 2.75) is 45.1 Å². The number of carboxylic acid groups (broad SMARTS) is 1. The van der Waals surface area contributed by atoms with Crippen LogP contribution >= 0.6 is 0 Å². The minimum atomic E-state index is -0.800. The lowest BCUT2D eigenvalue weighted by Gasteiger charge is -2.17. The summed E-state index contributed by atoms with van der Waals surface area (Å²) in [6.45, 7) is 2.03. The number of carbonyl (C=O) groups is 2. The highest BCUT2D eigenvalue weighted by Gasteiger charge is 2.33. The highest BCUT2D eigenvalue weighted by atomic mass is 16.4. The Morgan fingerprint density at radius 3 is 2.85 bits per heavy atom. The van der Waals surface area contributed by atoms with Gasteiger partial charge in [0.05, 0.1) is 5.92 Å². The first kappa shape index (κ1) is 14.6. The van der Waals surface area contributed by atoms with Gasteiger partial charge in [0, 0.05) is 12.5 Å². The molecule has 1 aliphatic carbocycles. The maximum atomic E-state index is 11.9. The van der Waals surface area contributed by atoms with Gasteiger partial charge in [0.2, 0.25) is 5.91 Å². The van der Waals surface area contributed by atoms with Gasteiger partial charge in [-0.2, -0.15) is 0 Å². The van der Waals surface area contributed by atoms with Crippen molar-refractivity contribution >= 4 is 11.9 Å². The average molecular weight is 275 g/mol. The zero-order chi connectivity index (χ0) is 14.5. The van der Waals surface area contributed by atoms with Crippen molar-refractivity contribution in [2.75, 3.05) is 0 Å². The summed E-state index contributed by atoms with van der Waals surface area (Å²) in [7, 11) is 0. The zero-order valence-corrected chi connectivity index (χ0v) is 11.8. The Labute approximate surface area is 119 Å². The molecule has 1 saturated carbocycles. The van der Waals surface area contributed by atoms with Crippen LogP contribution in [-0.4, -0.2) is 23.0 Å². The van der Waals surface area contributed by atoms with Crippen LogP contribution in [0.4, 0.5) is 0 Å². The number of hydrogen-bond acceptors (Lipinski definition) is 2. The smallest absolute Gasteiger partial charge is 0.308 e. The lowest BCUT2D eigenvalue weighted by Crippen LogP contribution is -2.40. The van der Waals surface area contributed by atoms with Crippen molar-refractivity contribution in [3.05, 3.63) is 35.4 Å². The van der Waals surface area contributed by atoms with E-state index in [9.17, 15) is 9.59 Å². The van der Waals surface area contributed by atoms with Gasteiger partial charge in [-0.25, -0.2) is 0 Å². The van der Waals surface area contributed by atoms with Crippen LogP contribution in [0.3, 0.4) is 0 Å². The molecule has 1 aromatic rings. The van der Waals surface area contributed by atoms with E-state index in [1.807, 2.05) is 25.1 Å². The monoisotopic (exact) mass is 275 g/mol. The fraction of sp³-hybridized carbons (Fsp3) is 0.500. The molecule has 0 bridgehead atoms. The van der Waals surface area contributed by atoms with E-state index in [0.29, 0.717) is 19.3 Å². The van der Waals surface area contributed by atoms with Crippen molar-refractivity contribution < 1.29 is 14.7 Å². The molecule has 2 rings (SSSR count). The van der Waals surface area contributed by atoms with Crippen LogP contribution < -0.4 is 5.32 Å². The number of amides is 1. The Morgan fingerprint density at radius 2 is 2.15 bits per heavy atom. The molecule has 0 spiro atoms. The first-order chi connectivity index (χ1) is 9.56. The molecule has 2 N–H and O–H groups in total. The molecule has 4 heteroatoms. The van der Waals surface area contributed by atoms with Gasteiger partial charge < -0.3 is 10.4 Å². The number of aryl methyl sites for hydroxylation is 2. The molecule has 2 atom stereocenters. The van der Waals surface area contributed by atoms with Gasteiger partial charge in [-0.3, -0.25) is 9.59 Å². The number of hydrogen-bond donors (Lipinski definition) is 2. The molecule has 1 amide bonds. The summed E-state index contributed by atoms with van der Waals surface area (Å²) in [6.07, 6.45) is 3.41. The predicted octanol–water partition coefficient (Wildman–Crippen LogP) is 2.30. The lowest BCUT2D eigenvalue weighted by atomic mass is 10.0. The molecular formula is C16H21NO3. The van der Waals surface area contributed by atoms with Crippen molar-refractivity contribution in [3.8, 4) is 0 Å². The topological polar surface area (TPSA) is 66.4 Å². The molecule has 0 heterocycles. The Balaban J connectivity index is 1.82. The lowest BCUT2D eigenvalue weighted by molar-refractivity contribution is -0.142. The fourth-order valence-electron chi connectivity index (χ4n) is 2.83. The highest BCUT2D eigenvalue weighted by molar-refractivity contribution is 5.78. The van der Waals surface area contributed by atoms with Crippen molar-refractivity contribution in [1.82, 2.24) is 5.32 Å². The largest absolute Gasteiger partial charge is 0.481 e.